The van der Waals surface area contributed by atoms with Gasteiger partial charge in [-0.25, -0.2) is 8.42 Å². The van der Waals surface area contributed by atoms with Gasteiger partial charge in [-0.3, -0.25) is 0 Å². The molecule has 0 saturated heterocycles. The van der Waals surface area contributed by atoms with Crippen LogP contribution in [0.2, 0.25) is 0 Å². The zero-order valence-electron chi connectivity index (χ0n) is 14.2. The van der Waals surface area contributed by atoms with Crippen LogP contribution in [0, 0.1) is 17.3 Å². The maximum absolute atomic E-state index is 12.7. The highest BCUT2D eigenvalue weighted by Gasteiger charge is 2.59. The van der Waals surface area contributed by atoms with E-state index in [1.807, 2.05) is 13.0 Å². The Hall–Kier alpha value is -0.870. The van der Waals surface area contributed by atoms with E-state index in [2.05, 4.69) is 6.92 Å². The SMILES string of the molecule is C[C@H](CS(=O)(=O)c1ccccc1)[C@]1(O)CC[C@@H]2CCCC[C@]21C. The van der Waals surface area contributed by atoms with Crippen molar-refractivity contribution >= 4 is 9.84 Å². The molecular weight excluding hydrogens is 308 g/mol. The van der Waals surface area contributed by atoms with Crippen LogP contribution in [0.5, 0.6) is 0 Å². The Bertz CT molecular complexity index is 654. The Morgan fingerprint density at radius 3 is 2.57 bits per heavy atom. The van der Waals surface area contributed by atoms with E-state index in [1.54, 1.807) is 24.3 Å². The monoisotopic (exact) mass is 336 g/mol. The molecule has 2 saturated carbocycles. The number of rotatable bonds is 4. The highest BCUT2D eigenvalue weighted by atomic mass is 32.2. The third kappa shape index (κ3) is 2.74. The maximum Gasteiger partial charge on any atom is 0.178 e. The third-order valence-corrected chi connectivity index (χ3v) is 8.58. The molecule has 0 aromatic heterocycles. The molecule has 1 N–H and O–H groups in total. The Kier molecular flexibility index (Phi) is 4.35. The first-order valence-electron chi connectivity index (χ1n) is 8.80. The zero-order chi connectivity index (χ0) is 16.7. The first-order valence-corrected chi connectivity index (χ1v) is 10.4. The smallest absolute Gasteiger partial charge is 0.178 e. The quantitative estimate of drug-likeness (QED) is 0.909. The van der Waals surface area contributed by atoms with Gasteiger partial charge in [0.2, 0.25) is 0 Å². The van der Waals surface area contributed by atoms with Crippen LogP contribution in [0.25, 0.3) is 0 Å². The van der Waals surface area contributed by atoms with Crippen LogP contribution in [0.3, 0.4) is 0 Å². The van der Waals surface area contributed by atoms with E-state index in [9.17, 15) is 13.5 Å². The van der Waals surface area contributed by atoms with E-state index in [4.69, 9.17) is 0 Å². The van der Waals surface area contributed by atoms with Crippen molar-refractivity contribution in [3.05, 3.63) is 30.3 Å². The van der Waals surface area contributed by atoms with E-state index < -0.39 is 15.4 Å². The lowest BCUT2D eigenvalue weighted by Crippen LogP contribution is -2.52. The summed E-state index contributed by atoms with van der Waals surface area (Å²) in [4.78, 5) is 0.360. The molecule has 0 spiro atoms. The number of benzene rings is 1. The highest BCUT2D eigenvalue weighted by Crippen LogP contribution is 2.60. The summed E-state index contributed by atoms with van der Waals surface area (Å²) in [5.41, 5.74) is -0.989. The Morgan fingerprint density at radius 1 is 1.17 bits per heavy atom. The second kappa shape index (κ2) is 5.89. The van der Waals surface area contributed by atoms with Gasteiger partial charge in [0.15, 0.2) is 9.84 Å². The number of fused-ring (bicyclic) bond motifs is 1. The highest BCUT2D eigenvalue weighted by molar-refractivity contribution is 7.91. The average Bonchev–Trinajstić information content (AvgIpc) is 2.81. The summed E-state index contributed by atoms with van der Waals surface area (Å²) >= 11 is 0. The molecule has 0 amide bonds. The van der Waals surface area contributed by atoms with Crippen LogP contribution >= 0.6 is 0 Å². The summed E-state index contributed by atoms with van der Waals surface area (Å²) in [6, 6.07) is 8.61. The molecule has 2 aliphatic carbocycles. The van der Waals surface area contributed by atoms with Crippen LogP contribution in [-0.4, -0.2) is 24.9 Å². The largest absolute Gasteiger partial charge is 0.389 e. The normalized spacial score (nSPS) is 35.7. The van der Waals surface area contributed by atoms with Gasteiger partial charge in [0.1, 0.15) is 0 Å². The summed E-state index contributed by atoms with van der Waals surface area (Å²) in [7, 11) is -3.36. The van der Waals surface area contributed by atoms with Crippen molar-refractivity contribution in [3.8, 4) is 0 Å². The van der Waals surface area contributed by atoms with E-state index >= 15 is 0 Å². The van der Waals surface area contributed by atoms with Crippen LogP contribution in [0.1, 0.15) is 52.4 Å². The number of hydrogen-bond donors (Lipinski definition) is 1. The lowest BCUT2D eigenvalue weighted by atomic mass is 9.60. The topological polar surface area (TPSA) is 54.4 Å². The molecule has 0 heterocycles. The average molecular weight is 336 g/mol. The van der Waals surface area contributed by atoms with Gasteiger partial charge in [0, 0.05) is 0 Å². The van der Waals surface area contributed by atoms with Gasteiger partial charge in [0.05, 0.1) is 16.2 Å². The predicted molar refractivity (Wildman–Crippen MR) is 91.9 cm³/mol. The Morgan fingerprint density at radius 2 is 1.87 bits per heavy atom. The summed E-state index contributed by atoms with van der Waals surface area (Å²) < 4.78 is 25.4. The predicted octanol–water partition coefficient (Wildman–Crippen LogP) is 3.82. The molecule has 3 nitrogen and oxygen atoms in total. The molecule has 2 fully saturated rings. The molecule has 2 aliphatic rings. The minimum atomic E-state index is -3.36. The van der Waals surface area contributed by atoms with Crippen molar-refractivity contribution in [2.24, 2.45) is 17.3 Å². The molecule has 3 rings (SSSR count). The molecule has 0 unspecified atom stereocenters. The van der Waals surface area contributed by atoms with Crippen LogP contribution in [0.4, 0.5) is 0 Å². The van der Waals surface area contributed by atoms with Crippen LogP contribution < -0.4 is 0 Å². The second-order valence-corrected chi connectivity index (χ2v) is 9.85. The van der Waals surface area contributed by atoms with Crippen molar-refractivity contribution in [2.75, 3.05) is 5.75 Å². The minimum absolute atomic E-state index is 0.0236. The van der Waals surface area contributed by atoms with Crippen LogP contribution in [0.15, 0.2) is 35.2 Å². The fraction of sp³-hybridized carbons (Fsp3) is 0.684. The van der Waals surface area contributed by atoms with Gasteiger partial charge < -0.3 is 5.11 Å². The first-order chi connectivity index (χ1) is 10.8. The summed E-state index contributed by atoms with van der Waals surface area (Å²) in [6.07, 6.45) is 6.35. The molecule has 1 aromatic carbocycles. The van der Waals surface area contributed by atoms with E-state index in [1.165, 1.54) is 12.8 Å². The second-order valence-electron chi connectivity index (χ2n) is 7.82. The van der Waals surface area contributed by atoms with Gasteiger partial charge in [-0.2, -0.15) is 0 Å². The summed E-state index contributed by atoms with van der Waals surface area (Å²) in [6.45, 7) is 4.11. The fourth-order valence-electron chi connectivity index (χ4n) is 5.12. The van der Waals surface area contributed by atoms with Gasteiger partial charge >= 0.3 is 0 Å². The maximum atomic E-state index is 12.7. The number of hydrogen-bond acceptors (Lipinski definition) is 3. The number of aliphatic hydroxyl groups is 1. The van der Waals surface area contributed by atoms with Gasteiger partial charge in [-0.15, -0.1) is 0 Å². The lowest BCUT2D eigenvalue weighted by Gasteiger charge is -2.49. The molecule has 23 heavy (non-hydrogen) atoms. The fourth-order valence-corrected chi connectivity index (χ4v) is 6.82. The summed E-state index contributed by atoms with van der Waals surface area (Å²) in [5, 5.41) is 11.5. The van der Waals surface area contributed by atoms with Crippen molar-refractivity contribution in [2.45, 2.75) is 62.9 Å². The molecule has 0 aliphatic heterocycles. The zero-order valence-corrected chi connectivity index (χ0v) is 15.0. The molecule has 0 bridgehead atoms. The standard InChI is InChI=1S/C19H28O3S/c1-15(14-23(21,22)17-9-4-3-5-10-17)19(20)13-11-16-8-6-7-12-18(16,19)2/h3-5,9-10,15-16,20H,6-8,11-14H2,1-2H3/t15-,16+,18-,19-/m1/s1. The van der Waals surface area contributed by atoms with E-state index in [-0.39, 0.29) is 17.1 Å². The Labute approximate surface area is 140 Å². The summed E-state index contributed by atoms with van der Waals surface area (Å²) in [5.74, 6) is 0.319. The molecule has 4 heteroatoms. The lowest BCUT2D eigenvalue weighted by molar-refractivity contribution is -0.114. The molecular formula is C19H28O3S. The van der Waals surface area contributed by atoms with E-state index in [0.717, 1.165) is 25.7 Å². The molecule has 128 valence electrons. The van der Waals surface area contributed by atoms with Crippen molar-refractivity contribution < 1.29 is 13.5 Å². The molecule has 1 aromatic rings. The van der Waals surface area contributed by atoms with Gasteiger partial charge in [-0.05, 0) is 55.1 Å². The first kappa shape index (κ1) is 17.0. The van der Waals surface area contributed by atoms with Crippen LogP contribution in [-0.2, 0) is 9.84 Å². The number of sulfone groups is 1. The van der Waals surface area contributed by atoms with Gasteiger partial charge in [-0.1, -0.05) is 44.9 Å². The third-order valence-electron chi connectivity index (χ3n) is 6.65. The van der Waals surface area contributed by atoms with Crippen molar-refractivity contribution in [3.63, 3.8) is 0 Å². The molecule has 4 atom stereocenters. The Balaban J connectivity index is 1.84. The molecule has 0 radical (unpaired) electrons. The van der Waals surface area contributed by atoms with Crippen molar-refractivity contribution in [1.82, 2.24) is 0 Å². The van der Waals surface area contributed by atoms with Gasteiger partial charge in [0.25, 0.3) is 0 Å². The van der Waals surface area contributed by atoms with E-state index in [0.29, 0.717) is 10.8 Å². The van der Waals surface area contributed by atoms with Crippen molar-refractivity contribution in [1.29, 1.82) is 0 Å². The minimum Gasteiger partial charge on any atom is -0.389 e.